The van der Waals surface area contributed by atoms with Gasteiger partial charge in [0, 0.05) is 40.2 Å². The fourth-order valence-electron chi connectivity index (χ4n) is 4.43. The molecule has 6 nitrogen and oxygen atoms in total. The van der Waals surface area contributed by atoms with Gasteiger partial charge in [-0.2, -0.15) is 0 Å². The number of aromatic nitrogens is 1. The van der Waals surface area contributed by atoms with Crippen molar-refractivity contribution in [1.82, 2.24) is 10.3 Å². The maximum absolute atomic E-state index is 14.9. The number of carbonyl (C=O) groups excluding carboxylic acids is 1. The topological polar surface area (TPSA) is 94.3 Å². The molecule has 0 saturated carbocycles. The number of carbonyl (C=O) groups is 1. The first-order valence-corrected chi connectivity index (χ1v) is 12.1. The first-order valence-electron chi connectivity index (χ1n) is 12.1. The van der Waals surface area contributed by atoms with Gasteiger partial charge in [-0.1, -0.05) is 6.07 Å². The normalized spacial score (nSPS) is 11.5. The largest absolute Gasteiger partial charge is 0.464 e. The van der Waals surface area contributed by atoms with Crippen molar-refractivity contribution in [2.24, 2.45) is 0 Å². The number of nitrogens with one attached hydrogen (secondary N) is 1. The molecule has 0 aliphatic rings. The first kappa shape index (κ1) is 24.1. The number of benzene rings is 3. The van der Waals surface area contributed by atoms with Crippen LogP contribution in [0.1, 0.15) is 11.3 Å². The van der Waals surface area contributed by atoms with Crippen LogP contribution in [0.15, 0.2) is 100 Å². The van der Waals surface area contributed by atoms with Crippen LogP contribution in [0, 0.1) is 11.6 Å². The van der Waals surface area contributed by atoms with Gasteiger partial charge in [-0.3, -0.25) is 4.79 Å². The molecule has 3 aromatic carbocycles. The maximum Gasteiger partial charge on any atom is 0.244 e. The van der Waals surface area contributed by atoms with Crippen LogP contribution in [-0.4, -0.2) is 10.9 Å². The van der Waals surface area contributed by atoms with Gasteiger partial charge in [0.2, 0.25) is 5.91 Å². The molecule has 1 amide bonds. The van der Waals surface area contributed by atoms with E-state index < -0.39 is 11.6 Å². The molecule has 3 N–H and O–H groups in total. The van der Waals surface area contributed by atoms with Crippen molar-refractivity contribution in [2.75, 3.05) is 5.73 Å². The van der Waals surface area contributed by atoms with Gasteiger partial charge in [0.15, 0.2) is 0 Å². The van der Waals surface area contributed by atoms with Crippen molar-refractivity contribution in [1.29, 1.82) is 0 Å². The number of nitrogens with two attached hydrogens (primary N) is 1. The van der Waals surface area contributed by atoms with Crippen LogP contribution >= 0.6 is 0 Å². The molecule has 0 atom stereocenters. The molecule has 3 heterocycles. The molecule has 0 fully saturated rings. The van der Waals surface area contributed by atoms with Crippen molar-refractivity contribution in [3.05, 3.63) is 114 Å². The summed E-state index contributed by atoms with van der Waals surface area (Å²) < 4.78 is 40.1. The maximum atomic E-state index is 14.9. The molecule has 39 heavy (non-hydrogen) atoms. The van der Waals surface area contributed by atoms with Crippen molar-refractivity contribution in [3.8, 4) is 22.3 Å². The molecule has 0 unspecified atom stereocenters. The molecule has 6 aromatic rings. The minimum atomic E-state index is -0.702. The molecule has 6 rings (SSSR count). The summed E-state index contributed by atoms with van der Waals surface area (Å²) in [6, 6.07) is 20.0. The van der Waals surface area contributed by atoms with Gasteiger partial charge in [-0.15, -0.1) is 0 Å². The monoisotopic (exact) mass is 521 g/mol. The third-order valence-corrected chi connectivity index (χ3v) is 6.35. The summed E-state index contributed by atoms with van der Waals surface area (Å²) in [4.78, 5) is 16.4. The van der Waals surface area contributed by atoms with Crippen LogP contribution in [0.5, 0.6) is 0 Å². The first-order chi connectivity index (χ1) is 18.9. The summed E-state index contributed by atoms with van der Waals surface area (Å²) in [6.07, 6.45) is 6.20. The second kappa shape index (κ2) is 9.90. The number of nitrogen functional groups attached to an aromatic ring is 1. The fourth-order valence-corrected chi connectivity index (χ4v) is 4.43. The lowest BCUT2D eigenvalue weighted by Crippen LogP contribution is -2.19. The Morgan fingerprint density at radius 3 is 2.62 bits per heavy atom. The highest BCUT2D eigenvalue weighted by atomic mass is 19.1. The number of pyridine rings is 1. The Labute approximate surface area is 221 Å². The number of furan rings is 2. The lowest BCUT2D eigenvalue weighted by molar-refractivity contribution is -0.116. The van der Waals surface area contributed by atoms with E-state index >= 15 is 0 Å². The minimum absolute atomic E-state index is 0.111. The summed E-state index contributed by atoms with van der Waals surface area (Å²) in [5, 5.41) is 4.43. The van der Waals surface area contributed by atoms with Gasteiger partial charge in [0.1, 0.15) is 34.4 Å². The molecule has 0 bridgehead atoms. The number of anilines is 1. The number of hydrogen-bond donors (Lipinski definition) is 2. The standard InChI is InChI=1S/C31H21F2N3O3/c32-23-4-5-25(27(33)15-23)26-14-21(19-3-6-28-20(11-19)9-10-38-28)12-22-13-24(39-31(22)26)17-36-30(37)8-2-18-1-7-29(34)35-16-18/h1-16H,17H2,(H2,34,35)(H,36,37)/b8-2+. The van der Waals surface area contributed by atoms with Crippen molar-refractivity contribution < 1.29 is 22.4 Å². The molecule has 192 valence electrons. The van der Waals surface area contributed by atoms with Crippen LogP contribution in [0.2, 0.25) is 0 Å². The zero-order valence-corrected chi connectivity index (χ0v) is 20.4. The predicted molar refractivity (Wildman–Crippen MR) is 146 cm³/mol. The summed E-state index contributed by atoms with van der Waals surface area (Å²) in [5.74, 6) is -0.822. The molecule has 0 saturated heterocycles. The Hall–Kier alpha value is -5.24. The van der Waals surface area contributed by atoms with E-state index in [0.717, 1.165) is 33.7 Å². The number of halogens is 2. The van der Waals surface area contributed by atoms with Gasteiger partial charge in [-0.05, 0) is 83.4 Å². The number of fused-ring (bicyclic) bond motifs is 2. The Balaban J connectivity index is 1.34. The Morgan fingerprint density at radius 2 is 1.79 bits per heavy atom. The molecule has 0 aliphatic heterocycles. The van der Waals surface area contributed by atoms with Crippen molar-refractivity contribution in [2.45, 2.75) is 6.54 Å². The van der Waals surface area contributed by atoms with E-state index in [9.17, 15) is 13.6 Å². The van der Waals surface area contributed by atoms with E-state index in [1.807, 2.05) is 36.4 Å². The van der Waals surface area contributed by atoms with E-state index in [4.69, 9.17) is 14.6 Å². The average molecular weight is 522 g/mol. The highest BCUT2D eigenvalue weighted by Crippen LogP contribution is 2.38. The molecule has 8 heteroatoms. The highest BCUT2D eigenvalue weighted by Gasteiger charge is 2.17. The lowest BCUT2D eigenvalue weighted by Gasteiger charge is -2.09. The smallest absolute Gasteiger partial charge is 0.244 e. The summed E-state index contributed by atoms with van der Waals surface area (Å²) >= 11 is 0. The van der Waals surface area contributed by atoms with Gasteiger partial charge >= 0.3 is 0 Å². The Kier molecular flexibility index (Phi) is 6.13. The second-order valence-corrected chi connectivity index (χ2v) is 9.02. The molecule has 0 radical (unpaired) electrons. The number of hydrogen-bond acceptors (Lipinski definition) is 5. The van der Waals surface area contributed by atoms with Gasteiger partial charge in [0.25, 0.3) is 0 Å². The van der Waals surface area contributed by atoms with Crippen LogP contribution in [-0.2, 0) is 11.3 Å². The SMILES string of the molecule is Nc1ccc(/C=C/C(=O)NCc2cc3cc(-c4ccc5occc5c4)cc(-c4ccc(F)cc4F)c3o2)cn1. The Morgan fingerprint density at radius 1 is 0.923 bits per heavy atom. The van der Waals surface area contributed by atoms with E-state index in [2.05, 4.69) is 10.3 Å². The highest BCUT2D eigenvalue weighted by molar-refractivity contribution is 5.98. The van der Waals surface area contributed by atoms with Crippen LogP contribution in [0.3, 0.4) is 0 Å². The van der Waals surface area contributed by atoms with Gasteiger partial charge in [-0.25, -0.2) is 13.8 Å². The fraction of sp³-hybridized carbons (Fsp3) is 0.0323. The van der Waals surface area contributed by atoms with E-state index in [0.29, 0.717) is 28.1 Å². The zero-order valence-electron chi connectivity index (χ0n) is 20.4. The Bertz CT molecular complexity index is 1870. The molecule has 3 aromatic heterocycles. The summed E-state index contributed by atoms with van der Waals surface area (Å²) in [6.45, 7) is 0.111. The van der Waals surface area contributed by atoms with E-state index in [-0.39, 0.29) is 18.0 Å². The van der Waals surface area contributed by atoms with E-state index in [1.54, 1.807) is 36.7 Å². The van der Waals surface area contributed by atoms with Gasteiger partial charge < -0.3 is 19.9 Å². The third-order valence-electron chi connectivity index (χ3n) is 6.35. The average Bonchev–Trinajstić information content (AvgIpc) is 3.57. The van der Waals surface area contributed by atoms with Crippen molar-refractivity contribution in [3.63, 3.8) is 0 Å². The van der Waals surface area contributed by atoms with Crippen LogP contribution < -0.4 is 11.1 Å². The molecule has 0 spiro atoms. The van der Waals surface area contributed by atoms with Crippen LogP contribution in [0.4, 0.5) is 14.6 Å². The number of amides is 1. The van der Waals surface area contributed by atoms with Gasteiger partial charge in [0.05, 0.1) is 12.8 Å². The quantitative estimate of drug-likeness (QED) is 0.228. The molecular formula is C31H21F2N3O3. The zero-order chi connectivity index (χ0) is 26.9. The lowest BCUT2D eigenvalue weighted by atomic mass is 9.96. The predicted octanol–water partition coefficient (Wildman–Crippen LogP) is 7.10. The van der Waals surface area contributed by atoms with E-state index in [1.165, 1.54) is 18.2 Å². The summed E-state index contributed by atoms with van der Waals surface area (Å²) in [5.41, 5.74) is 9.90. The molecule has 0 aliphatic carbocycles. The van der Waals surface area contributed by atoms with Crippen molar-refractivity contribution >= 4 is 39.7 Å². The summed E-state index contributed by atoms with van der Waals surface area (Å²) in [7, 11) is 0. The number of rotatable bonds is 6. The minimum Gasteiger partial charge on any atom is -0.464 e. The molecular weight excluding hydrogens is 500 g/mol. The number of nitrogens with zero attached hydrogens (tertiary/aromatic N) is 1. The second-order valence-electron chi connectivity index (χ2n) is 9.02. The van der Waals surface area contributed by atoms with Crippen LogP contribution in [0.25, 0.3) is 50.3 Å². The third kappa shape index (κ3) is 5.00.